The molecule has 2 heterocycles. The maximum atomic E-state index is 14.3. The number of thiazole rings is 1. The summed E-state index contributed by atoms with van der Waals surface area (Å²) in [6.45, 7) is 1.22. The summed E-state index contributed by atoms with van der Waals surface area (Å²) >= 11 is 1.34. The molecule has 0 spiro atoms. The van der Waals surface area contributed by atoms with Crippen molar-refractivity contribution >= 4 is 32.6 Å². The van der Waals surface area contributed by atoms with E-state index in [1.807, 2.05) is 59.3 Å². The van der Waals surface area contributed by atoms with Crippen LogP contribution in [0.4, 0.5) is 9.52 Å². The van der Waals surface area contributed by atoms with Crippen LogP contribution in [0, 0.1) is 5.82 Å². The molecule has 7 heteroatoms. The molecule has 34 heavy (non-hydrogen) atoms. The molecule has 0 atom stereocenters. The van der Waals surface area contributed by atoms with Gasteiger partial charge >= 0.3 is 0 Å². The highest BCUT2D eigenvalue weighted by molar-refractivity contribution is 7.22. The van der Waals surface area contributed by atoms with Gasteiger partial charge in [0.15, 0.2) is 5.13 Å². The molecule has 1 amide bonds. The monoisotopic (exact) mass is 470 g/mol. The predicted octanol–water partition coefficient (Wildman–Crippen LogP) is 5.96. The summed E-state index contributed by atoms with van der Waals surface area (Å²) < 4.78 is 17.0. The smallest absolute Gasteiger partial charge is 0.233 e. The van der Waals surface area contributed by atoms with Crippen LogP contribution in [0.25, 0.3) is 21.3 Å². The third-order valence-corrected chi connectivity index (χ3v) is 6.71. The normalized spacial score (nSPS) is 11.1. The van der Waals surface area contributed by atoms with E-state index in [4.69, 9.17) is 0 Å². The minimum absolute atomic E-state index is 0.0578. The Hall–Kier alpha value is -3.84. The van der Waals surface area contributed by atoms with Gasteiger partial charge in [0.1, 0.15) is 11.3 Å². The average Bonchev–Trinajstić information content (AvgIpc) is 3.53. The van der Waals surface area contributed by atoms with Crippen LogP contribution in [0.15, 0.2) is 91.5 Å². The molecule has 170 valence electrons. The summed E-state index contributed by atoms with van der Waals surface area (Å²) in [4.78, 5) is 23.6. The quantitative estimate of drug-likeness (QED) is 0.281. The molecule has 0 saturated heterocycles. The van der Waals surface area contributed by atoms with Crippen LogP contribution in [0.5, 0.6) is 0 Å². The lowest BCUT2D eigenvalue weighted by Gasteiger charge is -2.20. The van der Waals surface area contributed by atoms with Crippen molar-refractivity contribution in [3.8, 4) is 11.1 Å². The lowest BCUT2D eigenvalue weighted by molar-refractivity contribution is -0.118. The Bertz CT molecular complexity index is 1380. The maximum Gasteiger partial charge on any atom is 0.233 e. The fourth-order valence-electron chi connectivity index (χ4n) is 3.89. The Labute approximate surface area is 201 Å². The van der Waals surface area contributed by atoms with E-state index in [0.717, 1.165) is 34.4 Å². The highest BCUT2D eigenvalue weighted by Gasteiger charge is 2.21. The first-order valence-electron chi connectivity index (χ1n) is 11.1. The van der Waals surface area contributed by atoms with E-state index in [1.165, 1.54) is 17.4 Å². The zero-order valence-electron chi connectivity index (χ0n) is 18.5. The first-order chi connectivity index (χ1) is 16.7. The number of fused-ring (bicyclic) bond motifs is 1. The number of hydrogen-bond donors (Lipinski definition) is 0. The van der Waals surface area contributed by atoms with Crippen molar-refractivity contribution in [3.63, 3.8) is 0 Å². The number of aromatic nitrogens is 3. The van der Waals surface area contributed by atoms with E-state index >= 15 is 0 Å². The van der Waals surface area contributed by atoms with Crippen molar-refractivity contribution in [3.05, 3.63) is 103 Å². The summed E-state index contributed by atoms with van der Waals surface area (Å²) in [5, 5.41) is 0.525. The number of halogens is 1. The number of imidazole rings is 1. The number of benzene rings is 3. The van der Waals surface area contributed by atoms with Crippen LogP contribution in [-0.4, -0.2) is 27.0 Å². The Morgan fingerprint density at radius 1 is 0.971 bits per heavy atom. The standard InChI is InChI=1S/C27H23FN4OS/c28-23-8-4-9-24-26(23)30-27(34-24)32(16-5-15-31-17-14-29-19-31)25(33)18-20-10-12-22(13-11-20)21-6-2-1-3-7-21/h1-4,6-14,17,19H,5,15-16,18H2. The molecule has 0 unspecified atom stereocenters. The van der Waals surface area contributed by atoms with Gasteiger partial charge in [0.05, 0.1) is 17.4 Å². The first-order valence-corrected chi connectivity index (χ1v) is 11.9. The van der Waals surface area contributed by atoms with E-state index in [2.05, 4.69) is 22.1 Å². The third-order valence-electron chi connectivity index (χ3n) is 5.66. The second-order valence-electron chi connectivity index (χ2n) is 8.02. The van der Waals surface area contributed by atoms with E-state index in [0.29, 0.717) is 17.2 Å². The number of para-hydroxylation sites is 1. The average molecular weight is 471 g/mol. The Morgan fingerprint density at radius 3 is 2.50 bits per heavy atom. The van der Waals surface area contributed by atoms with Gasteiger partial charge in [-0.3, -0.25) is 9.69 Å². The van der Waals surface area contributed by atoms with Crippen LogP contribution in [0.2, 0.25) is 0 Å². The van der Waals surface area contributed by atoms with Gasteiger partial charge in [0.2, 0.25) is 5.91 Å². The van der Waals surface area contributed by atoms with Gasteiger partial charge in [-0.15, -0.1) is 0 Å². The Balaban J connectivity index is 1.36. The Morgan fingerprint density at radius 2 is 1.76 bits per heavy atom. The van der Waals surface area contributed by atoms with Crippen LogP contribution in [0.1, 0.15) is 12.0 Å². The highest BCUT2D eigenvalue weighted by Crippen LogP contribution is 2.31. The van der Waals surface area contributed by atoms with Crippen molar-refractivity contribution in [2.75, 3.05) is 11.4 Å². The summed E-state index contributed by atoms with van der Waals surface area (Å²) in [5.41, 5.74) is 3.48. The van der Waals surface area contributed by atoms with Crippen molar-refractivity contribution in [1.29, 1.82) is 0 Å². The van der Waals surface area contributed by atoms with Gasteiger partial charge in [-0.25, -0.2) is 14.4 Å². The van der Waals surface area contributed by atoms with Crippen molar-refractivity contribution < 1.29 is 9.18 Å². The molecule has 0 saturated carbocycles. The minimum Gasteiger partial charge on any atom is -0.337 e. The van der Waals surface area contributed by atoms with Crippen molar-refractivity contribution in [1.82, 2.24) is 14.5 Å². The topological polar surface area (TPSA) is 51.0 Å². The number of aryl methyl sites for hydroxylation is 1. The zero-order chi connectivity index (χ0) is 23.3. The summed E-state index contributed by atoms with van der Waals surface area (Å²) in [7, 11) is 0. The molecule has 2 aromatic heterocycles. The predicted molar refractivity (Wildman–Crippen MR) is 134 cm³/mol. The third kappa shape index (κ3) is 4.89. The lowest BCUT2D eigenvalue weighted by atomic mass is 10.0. The van der Waals surface area contributed by atoms with Crippen LogP contribution >= 0.6 is 11.3 Å². The summed E-state index contributed by atoms with van der Waals surface area (Å²) in [6, 6.07) is 23.1. The second-order valence-corrected chi connectivity index (χ2v) is 9.03. The molecule has 0 radical (unpaired) electrons. The molecular weight excluding hydrogens is 447 g/mol. The minimum atomic E-state index is -0.373. The molecule has 0 N–H and O–H groups in total. The van der Waals surface area contributed by atoms with E-state index in [-0.39, 0.29) is 18.1 Å². The molecule has 0 aliphatic rings. The zero-order valence-corrected chi connectivity index (χ0v) is 19.3. The SMILES string of the molecule is O=C(Cc1ccc(-c2ccccc2)cc1)N(CCCn1ccnc1)c1nc2c(F)cccc2s1. The Kier molecular flexibility index (Phi) is 6.44. The van der Waals surface area contributed by atoms with Crippen molar-refractivity contribution in [2.24, 2.45) is 0 Å². The van der Waals surface area contributed by atoms with Crippen LogP contribution in [0.3, 0.4) is 0 Å². The first kappa shape index (κ1) is 22.0. The van der Waals surface area contributed by atoms with Gasteiger partial charge < -0.3 is 4.57 Å². The van der Waals surface area contributed by atoms with Gasteiger partial charge in [0, 0.05) is 25.5 Å². The maximum absolute atomic E-state index is 14.3. The van der Waals surface area contributed by atoms with E-state index in [1.54, 1.807) is 23.5 Å². The van der Waals surface area contributed by atoms with Crippen LogP contribution < -0.4 is 4.90 Å². The van der Waals surface area contributed by atoms with Gasteiger partial charge in [-0.2, -0.15) is 0 Å². The van der Waals surface area contributed by atoms with E-state index < -0.39 is 0 Å². The van der Waals surface area contributed by atoms with Gasteiger partial charge in [-0.05, 0) is 35.2 Å². The number of amides is 1. The molecule has 0 aliphatic carbocycles. The number of hydrogen-bond acceptors (Lipinski definition) is 4. The molecule has 0 aliphatic heterocycles. The van der Waals surface area contributed by atoms with Gasteiger partial charge in [0.25, 0.3) is 0 Å². The molecular formula is C27H23FN4OS. The molecule has 5 rings (SSSR count). The highest BCUT2D eigenvalue weighted by atomic mass is 32.1. The van der Waals surface area contributed by atoms with Crippen LogP contribution in [-0.2, 0) is 17.8 Å². The van der Waals surface area contributed by atoms with E-state index in [9.17, 15) is 9.18 Å². The second kappa shape index (κ2) is 9.97. The number of anilines is 1. The van der Waals surface area contributed by atoms with Crippen molar-refractivity contribution in [2.45, 2.75) is 19.4 Å². The summed E-state index contributed by atoms with van der Waals surface area (Å²) in [6.07, 6.45) is 6.37. The molecule has 0 fully saturated rings. The molecule has 0 bridgehead atoms. The number of carbonyl (C=O) groups is 1. The molecule has 3 aromatic carbocycles. The van der Waals surface area contributed by atoms with Gasteiger partial charge in [-0.1, -0.05) is 72.0 Å². The number of rotatable bonds is 8. The summed E-state index contributed by atoms with van der Waals surface area (Å²) in [5.74, 6) is -0.431. The number of carbonyl (C=O) groups excluding carboxylic acids is 1. The fraction of sp³-hybridized carbons (Fsp3) is 0.148. The lowest BCUT2D eigenvalue weighted by Crippen LogP contribution is -2.33. The fourth-order valence-corrected chi connectivity index (χ4v) is 4.92. The largest absolute Gasteiger partial charge is 0.337 e. The molecule has 5 nitrogen and oxygen atoms in total. The number of nitrogens with zero attached hydrogens (tertiary/aromatic N) is 4. The molecule has 5 aromatic rings.